The quantitative estimate of drug-likeness (QED) is 0.474. The van der Waals surface area contributed by atoms with Crippen LogP contribution < -0.4 is 14.2 Å². The van der Waals surface area contributed by atoms with Gasteiger partial charge < -0.3 is 24.2 Å². The molecule has 1 N–H and O–H groups in total. The number of carbonyl (C=O) groups excluding carboxylic acids is 2. The fourth-order valence-corrected chi connectivity index (χ4v) is 3.59. The zero-order chi connectivity index (χ0) is 21.3. The second-order valence-corrected chi connectivity index (χ2v) is 6.70. The third kappa shape index (κ3) is 3.29. The van der Waals surface area contributed by atoms with Gasteiger partial charge in [-0.05, 0) is 25.1 Å². The Balaban J connectivity index is 2.30. The van der Waals surface area contributed by atoms with E-state index in [1.54, 1.807) is 30.3 Å². The van der Waals surface area contributed by atoms with Gasteiger partial charge >= 0.3 is 0 Å². The van der Waals surface area contributed by atoms with Crippen molar-refractivity contribution >= 4 is 17.4 Å². The molecule has 2 aromatic rings. The Kier molecular flexibility index (Phi) is 5.50. The molecule has 0 aromatic heterocycles. The normalized spacial score (nSPS) is 18.1. The van der Waals surface area contributed by atoms with E-state index in [4.69, 9.17) is 14.2 Å². The van der Waals surface area contributed by atoms with Gasteiger partial charge in [-0.25, -0.2) is 0 Å². The molecule has 0 radical (unpaired) electrons. The molecular formula is C22H23NO6. The number of ketones is 1. The van der Waals surface area contributed by atoms with Crippen LogP contribution in [0.3, 0.4) is 0 Å². The average Bonchev–Trinajstić information content (AvgIpc) is 2.96. The summed E-state index contributed by atoms with van der Waals surface area (Å²) in [5, 5.41) is 11.1. The summed E-state index contributed by atoms with van der Waals surface area (Å²) in [5.41, 5.74) is 1.70. The van der Waals surface area contributed by atoms with Crippen LogP contribution in [0.15, 0.2) is 42.0 Å². The SMILES string of the molecule is COc1ccc(C)cc1/C(O)=C1\C(=O)C(=O)N(C)C1c1cccc(OC)c1OC. The predicted molar refractivity (Wildman–Crippen MR) is 107 cm³/mol. The molecule has 152 valence electrons. The molecule has 2 aromatic carbocycles. The Morgan fingerprint density at radius 1 is 1.00 bits per heavy atom. The van der Waals surface area contributed by atoms with E-state index in [-0.39, 0.29) is 11.3 Å². The molecule has 0 saturated carbocycles. The topological polar surface area (TPSA) is 85.3 Å². The highest BCUT2D eigenvalue weighted by molar-refractivity contribution is 6.46. The van der Waals surface area contributed by atoms with Crippen LogP contribution >= 0.6 is 0 Å². The fraction of sp³-hybridized carbons (Fsp3) is 0.273. The number of likely N-dealkylation sites (N-methyl/N-ethyl adjacent to an activating group) is 1. The third-order valence-electron chi connectivity index (χ3n) is 5.01. The summed E-state index contributed by atoms with van der Waals surface area (Å²) in [6.07, 6.45) is 0. The summed E-state index contributed by atoms with van der Waals surface area (Å²) in [7, 11) is 5.97. The molecule has 7 nitrogen and oxygen atoms in total. The number of aryl methyl sites for hydroxylation is 1. The Morgan fingerprint density at radius 2 is 1.69 bits per heavy atom. The second-order valence-electron chi connectivity index (χ2n) is 6.70. The zero-order valence-electron chi connectivity index (χ0n) is 17.0. The van der Waals surface area contributed by atoms with Crippen molar-refractivity contribution in [3.63, 3.8) is 0 Å². The lowest BCUT2D eigenvalue weighted by atomic mass is 9.94. The molecule has 0 spiro atoms. The third-order valence-corrected chi connectivity index (χ3v) is 5.01. The number of Topliss-reactive ketones (excluding diaryl/α,β-unsaturated/α-hetero) is 1. The standard InChI is InChI=1S/C22H23NO6/c1-12-9-10-15(27-3)14(11-12)19(24)17-18(23(2)22(26)20(17)25)13-7-6-8-16(28-4)21(13)29-5/h6-11,18,24H,1-5H3/b19-17+. The van der Waals surface area contributed by atoms with Gasteiger partial charge in [-0.1, -0.05) is 23.8 Å². The van der Waals surface area contributed by atoms with Gasteiger partial charge in [0.25, 0.3) is 11.7 Å². The molecule has 1 unspecified atom stereocenters. The highest BCUT2D eigenvalue weighted by Gasteiger charge is 2.45. The van der Waals surface area contributed by atoms with Crippen LogP contribution in [-0.2, 0) is 9.59 Å². The maximum Gasteiger partial charge on any atom is 0.295 e. The van der Waals surface area contributed by atoms with Crippen LogP contribution in [0, 0.1) is 6.92 Å². The van der Waals surface area contributed by atoms with E-state index in [1.807, 2.05) is 13.0 Å². The summed E-state index contributed by atoms with van der Waals surface area (Å²) in [4.78, 5) is 26.7. The maximum atomic E-state index is 12.8. The molecule has 1 heterocycles. The molecule has 1 amide bonds. The van der Waals surface area contributed by atoms with Crippen LogP contribution in [0.5, 0.6) is 17.2 Å². The molecule has 3 rings (SSSR count). The van der Waals surface area contributed by atoms with E-state index in [0.29, 0.717) is 28.4 Å². The molecule has 0 aliphatic carbocycles. The van der Waals surface area contributed by atoms with Gasteiger partial charge in [-0.3, -0.25) is 9.59 Å². The number of para-hydroxylation sites is 1. The van der Waals surface area contributed by atoms with Gasteiger partial charge in [0.15, 0.2) is 11.5 Å². The minimum Gasteiger partial charge on any atom is -0.507 e. The second kappa shape index (κ2) is 7.87. The summed E-state index contributed by atoms with van der Waals surface area (Å²) < 4.78 is 16.2. The monoisotopic (exact) mass is 397 g/mol. The minimum atomic E-state index is -0.842. The van der Waals surface area contributed by atoms with Crippen molar-refractivity contribution in [2.75, 3.05) is 28.4 Å². The largest absolute Gasteiger partial charge is 0.507 e. The van der Waals surface area contributed by atoms with Crippen LogP contribution in [-0.4, -0.2) is 50.1 Å². The van der Waals surface area contributed by atoms with E-state index in [0.717, 1.165) is 5.56 Å². The van der Waals surface area contributed by atoms with Gasteiger partial charge in [0.1, 0.15) is 11.5 Å². The molecule has 1 aliphatic rings. The number of likely N-dealkylation sites (tertiary alicyclic amines) is 1. The molecular weight excluding hydrogens is 374 g/mol. The number of benzene rings is 2. The molecule has 1 fully saturated rings. The first kappa shape index (κ1) is 20.3. The Bertz CT molecular complexity index is 1010. The number of amides is 1. The predicted octanol–water partition coefficient (Wildman–Crippen LogP) is 3.07. The molecule has 7 heteroatoms. The van der Waals surface area contributed by atoms with E-state index in [2.05, 4.69) is 0 Å². The fourth-order valence-electron chi connectivity index (χ4n) is 3.59. The molecule has 0 bridgehead atoms. The number of nitrogens with zero attached hydrogens (tertiary/aromatic N) is 1. The minimum absolute atomic E-state index is 0.0343. The number of aliphatic hydroxyl groups excluding tert-OH is 1. The first-order valence-corrected chi connectivity index (χ1v) is 8.96. The van der Waals surface area contributed by atoms with E-state index in [1.165, 1.54) is 33.3 Å². The Hall–Kier alpha value is -3.48. The van der Waals surface area contributed by atoms with E-state index >= 15 is 0 Å². The van der Waals surface area contributed by atoms with Crippen molar-refractivity contribution in [3.8, 4) is 17.2 Å². The number of hydrogen-bond donors (Lipinski definition) is 1. The summed E-state index contributed by atoms with van der Waals surface area (Å²) in [6, 6.07) is 9.58. The van der Waals surface area contributed by atoms with E-state index < -0.39 is 17.7 Å². The molecule has 29 heavy (non-hydrogen) atoms. The van der Waals surface area contributed by atoms with Crippen LogP contribution in [0.4, 0.5) is 0 Å². The first-order chi connectivity index (χ1) is 13.8. The van der Waals surface area contributed by atoms with Gasteiger partial charge in [0.2, 0.25) is 0 Å². The first-order valence-electron chi connectivity index (χ1n) is 8.96. The van der Waals surface area contributed by atoms with Gasteiger partial charge in [-0.2, -0.15) is 0 Å². The molecule has 1 atom stereocenters. The lowest BCUT2D eigenvalue weighted by Crippen LogP contribution is -2.25. The van der Waals surface area contributed by atoms with Crippen molar-refractivity contribution in [2.24, 2.45) is 0 Å². The number of ether oxygens (including phenoxy) is 3. The van der Waals surface area contributed by atoms with Crippen LogP contribution in [0.2, 0.25) is 0 Å². The summed E-state index contributed by atoms with van der Waals surface area (Å²) >= 11 is 0. The maximum absolute atomic E-state index is 12.8. The highest BCUT2D eigenvalue weighted by atomic mass is 16.5. The number of rotatable bonds is 5. The van der Waals surface area contributed by atoms with Crippen molar-refractivity contribution in [3.05, 3.63) is 58.7 Å². The Labute approximate surface area is 169 Å². The van der Waals surface area contributed by atoms with Crippen LogP contribution in [0.25, 0.3) is 5.76 Å². The van der Waals surface area contributed by atoms with Crippen molar-refractivity contribution in [2.45, 2.75) is 13.0 Å². The smallest absolute Gasteiger partial charge is 0.295 e. The zero-order valence-corrected chi connectivity index (χ0v) is 17.0. The number of aliphatic hydroxyl groups is 1. The summed E-state index contributed by atoms with van der Waals surface area (Å²) in [5.74, 6) is -0.556. The Morgan fingerprint density at radius 3 is 2.31 bits per heavy atom. The van der Waals surface area contributed by atoms with Crippen molar-refractivity contribution < 1.29 is 28.9 Å². The van der Waals surface area contributed by atoms with Crippen molar-refractivity contribution in [1.29, 1.82) is 0 Å². The lowest BCUT2D eigenvalue weighted by molar-refractivity contribution is -0.139. The number of carbonyl (C=O) groups is 2. The van der Waals surface area contributed by atoms with E-state index in [9.17, 15) is 14.7 Å². The van der Waals surface area contributed by atoms with Gasteiger partial charge in [0, 0.05) is 12.6 Å². The van der Waals surface area contributed by atoms with Crippen molar-refractivity contribution in [1.82, 2.24) is 4.90 Å². The molecule has 1 aliphatic heterocycles. The number of hydrogen-bond acceptors (Lipinski definition) is 6. The lowest BCUT2D eigenvalue weighted by Gasteiger charge is -2.24. The number of methoxy groups -OCH3 is 3. The van der Waals surface area contributed by atoms with Gasteiger partial charge in [0.05, 0.1) is 38.5 Å². The average molecular weight is 397 g/mol. The highest BCUT2D eigenvalue weighted by Crippen LogP contribution is 2.45. The summed E-state index contributed by atoms with van der Waals surface area (Å²) in [6.45, 7) is 1.86. The van der Waals surface area contributed by atoms with Gasteiger partial charge in [-0.15, -0.1) is 0 Å². The molecule has 1 saturated heterocycles. The van der Waals surface area contributed by atoms with Crippen LogP contribution in [0.1, 0.15) is 22.7 Å².